The van der Waals surface area contributed by atoms with Crippen LogP contribution in [0.1, 0.15) is 5.56 Å². The molecule has 1 aliphatic rings. The molecule has 2 rings (SSSR count). The summed E-state index contributed by atoms with van der Waals surface area (Å²) in [6.07, 6.45) is 0.885. The number of benzene rings is 1. The van der Waals surface area contributed by atoms with Gasteiger partial charge in [0, 0.05) is 12.2 Å². The molecule has 0 unspecified atom stereocenters. The summed E-state index contributed by atoms with van der Waals surface area (Å²) in [5, 5.41) is 6.46. The van der Waals surface area contributed by atoms with Gasteiger partial charge >= 0.3 is 0 Å². The molecule has 15 heavy (non-hydrogen) atoms. The minimum absolute atomic E-state index is 0.665. The van der Waals surface area contributed by atoms with Crippen LogP contribution in [-0.4, -0.2) is 25.6 Å². The van der Waals surface area contributed by atoms with Crippen LogP contribution in [0.4, 0.5) is 5.69 Å². The van der Waals surface area contributed by atoms with Crippen molar-refractivity contribution < 1.29 is 0 Å². The molecule has 0 spiro atoms. The fourth-order valence-electron chi connectivity index (χ4n) is 1.62. The van der Waals surface area contributed by atoms with E-state index in [1.165, 1.54) is 5.56 Å². The van der Waals surface area contributed by atoms with Crippen molar-refractivity contribution in [2.75, 3.05) is 25.0 Å². The van der Waals surface area contributed by atoms with Crippen molar-refractivity contribution >= 4 is 11.6 Å². The Morgan fingerprint density at radius 1 is 1.40 bits per heavy atom. The first-order valence-electron chi connectivity index (χ1n) is 5.23. The standard InChI is InChI=1S/C11H16N4/c12-6-5-9-3-1-2-4-10(9)15-11-13-7-8-14-11/h1-4H,5-8,12H2,(H2,13,14,15). The van der Waals surface area contributed by atoms with Crippen molar-refractivity contribution in [2.24, 2.45) is 10.7 Å². The van der Waals surface area contributed by atoms with E-state index in [1.54, 1.807) is 0 Å². The lowest BCUT2D eigenvalue weighted by atomic mass is 10.1. The molecule has 1 aromatic rings. The first kappa shape index (κ1) is 9.98. The predicted octanol–water partition coefficient (Wildman–Crippen LogP) is 0.559. The van der Waals surface area contributed by atoms with Gasteiger partial charge in [-0.05, 0) is 24.6 Å². The summed E-state index contributed by atoms with van der Waals surface area (Å²) in [6, 6.07) is 8.18. The van der Waals surface area contributed by atoms with Crippen molar-refractivity contribution in [1.82, 2.24) is 5.32 Å². The Morgan fingerprint density at radius 2 is 2.27 bits per heavy atom. The van der Waals surface area contributed by atoms with Gasteiger partial charge in [-0.15, -0.1) is 0 Å². The Morgan fingerprint density at radius 3 is 3.00 bits per heavy atom. The number of nitrogens with one attached hydrogen (secondary N) is 2. The number of rotatable bonds is 3. The Bertz CT molecular complexity index is 359. The molecular weight excluding hydrogens is 188 g/mol. The zero-order valence-electron chi connectivity index (χ0n) is 8.66. The van der Waals surface area contributed by atoms with Gasteiger partial charge in [0.15, 0.2) is 5.96 Å². The highest BCUT2D eigenvalue weighted by molar-refractivity contribution is 5.95. The quantitative estimate of drug-likeness (QED) is 0.674. The molecule has 80 valence electrons. The van der Waals surface area contributed by atoms with Crippen molar-refractivity contribution in [1.29, 1.82) is 0 Å². The van der Waals surface area contributed by atoms with Crippen LogP contribution in [0.15, 0.2) is 29.3 Å². The first-order valence-corrected chi connectivity index (χ1v) is 5.23. The average molecular weight is 204 g/mol. The van der Waals surface area contributed by atoms with Gasteiger partial charge in [0.1, 0.15) is 0 Å². The molecule has 4 N–H and O–H groups in total. The molecule has 4 heteroatoms. The smallest absolute Gasteiger partial charge is 0.195 e. The third-order valence-electron chi connectivity index (χ3n) is 2.36. The topological polar surface area (TPSA) is 62.4 Å². The van der Waals surface area contributed by atoms with E-state index >= 15 is 0 Å². The predicted molar refractivity (Wildman–Crippen MR) is 63.1 cm³/mol. The highest BCUT2D eigenvalue weighted by Crippen LogP contribution is 2.15. The van der Waals surface area contributed by atoms with Gasteiger partial charge in [-0.1, -0.05) is 18.2 Å². The fraction of sp³-hybridized carbons (Fsp3) is 0.364. The first-order chi connectivity index (χ1) is 7.40. The summed E-state index contributed by atoms with van der Waals surface area (Å²) in [5.41, 5.74) is 7.89. The molecule has 1 heterocycles. The lowest BCUT2D eigenvalue weighted by Crippen LogP contribution is -2.26. The Kier molecular flexibility index (Phi) is 3.19. The molecule has 1 aliphatic heterocycles. The van der Waals surface area contributed by atoms with Crippen LogP contribution < -0.4 is 16.4 Å². The van der Waals surface area contributed by atoms with Crippen LogP contribution in [0.2, 0.25) is 0 Å². The molecule has 1 aromatic carbocycles. The van der Waals surface area contributed by atoms with Crippen LogP contribution in [-0.2, 0) is 6.42 Å². The largest absolute Gasteiger partial charge is 0.354 e. The third-order valence-corrected chi connectivity index (χ3v) is 2.36. The molecule has 0 atom stereocenters. The van der Waals surface area contributed by atoms with E-state index in [2.05, 4.69) is 21.7 Å². The van der Waals surface area contributed by atoms with Crippen molar-refractivity contribution in [2.45, 2.75) is 6.42 Å². The lowest BCUT2D eigenvalue weighted by Gasteiger charge is -2.11. The summed E-state index contributed by atoms with van der Waals surface area (Å²) in [6.45, 7) is 2.43. The van der Waals surface area contributed by atoms with Gasteiger partial charge in [0.25, 0.3) is 0 Å². The van der Waals surface area contributed by atoms with Crippen LogP contribution >= 0.6 is 0 Å². The summed E-state index contributed by atoms with van der Waals surface area (Å²) in [7, 11) is 0. The molecule has 0 saturated carbocycles. The molecule has 0 aromatic heterocycles. The zero-order valence-corrected chi connectivity index (χ0v) is 8.66. The minimum Gasteiger partial charge on any atom is -0.354 e. The fourth-order valence-corrected chi connectivity index (χ4v) is 1.62. The number of aliphatic imine (C=N–C) groups is 1. The van der Waals surface area contributed by atoms with E-state index in [9.17, 15) is 0 Å². The number of nitrogens with two attached hydrogens (primary N) is 1. The van der Waals surface area contributed by atoms with Crippen molar-refractivity contribution in [3.8, 4) is 0 Å². The van der Waals surface area contributed by atoms with Crippen LogP contribution in [0, 0.1) is 0 Å². The van der Waals surface area contributed by atoms with E-state index in [4.69, 9.17) is 5.73 Å². The number of hydrogen-bond acceptors (Lipinski definition) is 4. The highest BCUT2D eigenvalue weighted by atomic mass is 15.2. The highest BCUT2D eigenvalue weighted by Gasteiger charge is 2.06. The van der Waals surface area contributed by atoms with Gasteiger partial charge in [0.05, 0.1) is 6.54 Å². The number of guanidine groups is 1. The van der Waals surface area contributed by atoms with E-state index in [0.717, 1.165) is 31.2 Å². The van der Waals surface area contributed by atoms with Crippen molar-refractivity contribution in [3.63, 3.8) is 0 Å². The van der Waals surface area contributed by atoms with Crippen molar-refractivity contribution in [3.05, 3.63) is 29.8 Å². The summed E-state index contributed by atoms with van der Waals surface area (Å²) >= 11 is 0. The second kappa shape index (κ2) is 4.79. The molecule has 0 aliphatic carbocycles. The van der Waals surface area contributed by atoms with E-state index in [1.807, 2.05) is 18.2 Å². The van der Waals surface area contributed by atoms with Gasteiger partial charge in [-0.2, -0.15) is 0 Å². The maximum atomic E-state index is 5.56. The van der Waals surface area contributed by atoms with Crippen LogP contribution in [0.5, 0.6) is 0 Å². The molecule has 0 fully saturated rings. The molecular formula is C11H16N4. The summed E-state index contributed by atoms with van der Waals surface area (Å²) < 4.78 is 0. The maximum absolute atomic E-state index is 5.56. The Labute approximate surface area is 89.6 Å². The van der Waals surface area contributed by atoms with Gasteiger partial charge in [-0.3, -0.25) is 4.99 Å². The van der Waals surface area contributed by atoms with Crippen LogP contribution in [0.25, 0.3) is 0 Å². The van der Waals surface area contributed by atoms with Crippen LogP contribution in [0.3, 0.4) is 0 Å². The zero-order chi connectivity index (χ0) is 10.5. The number of hydrogen-bond donors (Lipinski definition) is 3. The molecule has 4 nitrogen and oxygen atoms in total. The van der Waals surface area contributed by atoms with E-state index in [0.29, 0.717) is 6.54 Å². The number of anilines is 1. The van der Waals surface area contributed by atoms with E-state index in [-0.39, 0.29) is 0 Å². The lowest BCUT2D eigenvalue weighted by molar-refractivity contribution is 0.956. The average Bonchev–Trinajstić information content (AvgIpc) is 2.74. The second-order valence-electron chi connectivity index (χ2n) is 3.48. The van der Waals surface area contributed by atoms with Gasteiger partial charge in [-0.25, -0.2) is 0 Å². The van der Waals surface area contributed by atoms with E-state index < -0.39 is 0 Å². The number of nitrogens with zero attached hydrogens (tertiary/aromatic N) is 1. The summed E-state index contributed by atoms with van der Waals surface area (Å²) in [4.78, 5) is 4.30. The molecule has 0 saturated heterocycles. The third kappa shape index (κ3) is 2.47. The SMILES string of the molecule is NCCc1ccccc1NC1=NCCN1. The Hall–Kier alpha value is -1.55. The number of para-hydroxylation sites is 1. The van der Waals surface area contributed by atoms with Gasteiger partial charge in [0.2, 0.25) is 0 Å². The second-order valence-corrected chi connectivity index (χ2v) is 3.48. The normalized spacial score (nSPS) is 14.6. The summed E-state index contributed by atoms with van der Waals surface area (Å²) in [5.74, 6) is 0.861. The minimum atomic E-state index is 0.665. The molecule has 0 bridgehead atoms. The molecule has 0 radical (unpaired) electrons. The van der Waals surface area contributed by atoms with Gasteiger partial charge < -0.3 is 16.4 Å². The Balaban J connectivity index is 2.12. The molecule has 0 amide bonds. The monoisotopic (exact) mass is 204 g/mol. The maximum Gasteiger partial charge on any atom is 0.195 e.